The van der Waals surface area contributed by atoms with E-state index in [0.717, 1.165) is 5.56 Å². The monoisotopic (exact) mass is 444 g/mol. The quantitative estimate of drug-likeness (QED) is 0.386. The second kappa shape index (κ2) is 8.24. The summed E-state index contributed by atoms with van der Waals surface area (Å²) < 4.78 is 0. The van der Waals surface area contributed by atoms with Gasteiger partial charge in [-0.15, -0.1) is 11.3 Å². The molecule has 6 nitrogen and oxygen atoms in total. The van der Waals surface area contributed by atoms with Gasteiger partial charge in [-0.05, 0) is 35.9 Å². The lowest BCUT2D eigenvalue weighted by molar-refractivity contribution is -0.115. The van der Waals surface area contributed by atoms with E-state index in [0.29, 0.717) is 36.6 Å². The number of nitrogens with zero attached hydrogens (tertiary/aromatic N) is 1. The Morgan fingerprint density at radius 1 is 1.03 bits per heavy atom. The highest BCUT2D eigenvalue weighted by atomic mass is 35.5. The van der Waals surface area contributed by atoms with Gasteiger partial charge in [-0.1, -0.05) is 47.5 Å². The molecular formula is C20H14Cl2N4O2S. The van der Waals surface area contributed by atoms with Crippen molar-refractivity contribution in [3.05, 3.63) is 75.1 Å². The molecule has 0 fully saturated rings. The van der Waals surface area contributed by atoms with Gasteiger partial charge in [0.25, 0.3) is 5.91 Å². The molecule has 146 valence electrons. The summed E-state index contributed by atoms with van der Waals surface area (Å²) >= 11 is 13.2. The number of rotatable bonds is 5. The lowest BCUT2D eigenvalue weighted by Crippen LogP contribution is -2.14. The number of aromatic amines is 1. The number of anilines is 2. The lowest BCUT2D eigenvalue weighted by atomic mass is 10.1. The van der Waals surface area contributed by atoms with Crippen LogP contribution >= 0.6 is 34.5 Å². The number of halogens is 2. The van der Waals surface area contributed by atoms with E-state index in [4.69, 9.17) is 23.2 Å². The molecule has 0 atom stereocenters. The summed E-state index contributed by atoms with van der Waals surface area (Å²) in [6.45, 7) is 0. The van der Waals surface area contributed by atoms with Crippen molar-refractivity contribution >= 4 is 68.1 Å². The maximum Gasteiger partial charge on any atom is 0.265 e. The van der Waals surface area contributed by atoms with Crippen LogP contribution in [0, 0.1) is 0 Å². The zero-order valence-corrected chi connectivity index (χ0v) is 17.2. The molecule has 3 N–H and O–H groups in total. The summed E-state index contributed by atoms with van der Waals surface area (Å²) in [6, 6.07) is 15.8. The van der Waals surface area contributed by atoms with E-state index in [9.17, 15) is 9.59 Å². The van der Waals surface area contributed by atoms with Crippen molar-refractivity contribution in [2.24, 2.45) is 0 Å². The Hall–Kier alpha value is -2.87. The van der Waals surface area contributed by atoms with Crippen LogP contribution in [0.4, 0.5) is 11.5 Å². The number of fused-ring (bicyclic) bond motifs is 1. The lowest BCUT2D eigenvalue weighted by Gasteiger charge is -2.05. The number of nitrogens with one attached hydrogen (secondary N) is 3. The number of hydrogen-bond donors (Lipinski definition) is 3. The highest BCUT2D eigenvalue weighted by Crippen LogP contribution is 2.30. The molecule has 0 bridgehead atoms. The summed E-state index contributed by atoms with van der Waals surface area (Å²) in [7, 11) is 0. The Labute approximate surface area is 179 Å². The molecule has 9 heteroatoms. The molecule has 2 aromatic carbocycles. The van der Waals surface area contributed by atoms with Crippen molar-refractivity contribution < 1.29 is 9.59 Å². The van der Waals surface area contributed by atoms with Crippen LogP contribution in [0.1, 0.15) is 15.2 Å². The largest absolute Gasteiger partial charge is 0.320 e. The molecule has 0 spiro atoms. The van der Waals surface area contributed by atoms with Crippen LogP contribution in [0.2, 0.25) is 10.0 Å². The Balaban J connectivity index is 1.48. The Kier molecular flexibility index (Phi) is 5.53. The van der Waals surface area contributed by atoms with E-state index in [2.05, 4.69) is 20.8 Å². The SMILES string of the molecule is O=C(Cc1ccc(Cl)cc1)Nc1n[nH]c2sc(C(=O)Nc3ccccc3Cl)cc12. The first-order chi connectivity index (χ1) is 14.0. The van der Waals surface area contributed by atoms with Gasteiger partial charge < -0.3 is 10.6 Å². The van der Waals surface area contributed by atoms with Gasteiger partial charge in [0.2, 0.25) is 5.91 Å². The highest BCUT2D eigenvalue weighted by molar-refractivity contribution is 7.20. The topological polar surface area (TPSA) is 86.9 Å². The fourth-order valence-electron chi connectivity index (χ4n) is 2.73. The van der Waals surface area contributed by atoms with Crippen LogP contribution in [0.3, 0.4) is 0 Å². The zero-order valence-electron chi connectivity index (χ0n) is 14.8. The van der Waals surface area contributed by atoms with Crippen molar-refractivity contribution in [1.82, 2.24) is 10.2 Å². The molecule has 0 aliphatic carbocycles. The number of H-pyrrole nitrogens is 1. The molecule has 4 aromatic rings. The molecule has 2 amide bonds. The van der Waals surface area contributed by atoms with Gasteiger partial charge in [-0.2, -0.15) is 5.10 Å². The van der Waals surface area contributed by atoms with Gasteiger partial charge in [0.15, 0.2) is 5.82 Å². The van der Waals surface area contributed by atoms with Crippen molar-refractivity contribution in [2.45, 2.75) is 6.42 Å². The van der Waals surface area contributed by atoms with E-state index in [1.165, 1.54) is 11.3 Å². The molecule has 0 aliphatic rings. The number of aromatic nitrogens is 2. The molecule has 0 saturated carbocycles. The molecule has 29 heavy (non-hydrogen) atoms. The van der Waals surface area contributed by atoms with Crippen LogP contribution in [0.15, 0.2) is 54.6 Å². The average molecular weight is 445 g/mol. The number of hydrogen-bond acceptors (Lipinski definition) is 4. The van der Waals surface area contributed by atoms with Crippen LogP contribution in [0.25, 0.3) is 10.2 Å². The summed E-state index contributed by atoms with van der Waals surface area (Å²) in [5.74, 6) is -0.118. The standard InChI is InChI=1S/C20H14Cl2N4O2S/c21-12-7-5-11(6-8-12)9-17(27)24-18-13-10-16(29-20(13)26-25-18)19(28)23-15-4-2-1-3-14(15)22/h1-8,10H,9H2,(H,23,28)(H2,24,25,26,27). The number of para-hydroxylation sites is 1. The second-order valence-electron chi connectivity index (χ2n) is 6.21. The Bertz CT molecular complexity index is 1200. The first-order valence-electron chi connectivity index (χ1n) is 8.57. The van der Waals surface area contributed by atoms with Gasteiger partial charge in [0.1, 0.15) is 4.83 Å². The molecule has 4 rings (SSSR count). The van der Waals surface area contributed by atoms with E-state index in [1.54, 1.807) is 54.6 Å². The van der Waals surface area contributed by atoms with Gasteiger partial charge >= 0.3 is 0 Å². The first-order valence-corrected chi connectivity index (χ1v) is 10.1. The van der Waals surface area contributed by atoms with E-state index in [-0.39, 0.29) is 18.2 Å². The molecule has 2 aromatic heterocycles. The third-order valence-electron chi connectivity index (χ3n) is 4.14. The predicted octanol–water partition coefficient (Wildman–Crippen LogP) is 5.36. The van der Waals surface area contributed by atoms with Crippen molar-refractivity contribution in [2.75, 3.05) is 10.6 Å². The molecule has 0 unspecified atom stereocenters. The van der Waals surface area contributed by atoms with Crippen LogP contribution in [0.5, 0.6) is 0 Å². The van der Waals surface area contributed by atoms with E-state index < -0.39 is 0 Å². The normalized spacial score (nSPS) is 10.8. The zero-order chi connectivity index (χ0) is 20.4. The summed E-state index contributed by atoms with van der Waals surface area (Å²) in [5, 5.41) is 14.3. The van der Waals surface area contributed by atoms with Gasteiger partial charge in [-0.25, -0.2) is 0 Å². The molecular weight excluding hydrogens is 431 g/mol. The highest BCUT2D eigenvalue weighted by Gasteiger charge is 2.17. The minimum absolute atomic E-state index is 0.190. The summed E-state index contributed by atoms with van der Waals surface area (Å²) in [6.07, 6.45) is 0.190. The van der Waals surface area contributed by atoms with Crippen LogP contribution in [-0.4, -0.2) is 22.0 Å². The van der Waals surface area contributed by atoms with Gasteiger partial charge in [0.05, 0.1) is 27.4 Å². The number of thiophene rings is 1. The third-order valence-corrected chi connectivity index (χ3v) is 5.76. The number of carbonyl (C=O) groups is 2. The van der Waals surface area contributed by atoms with Crippen LogP contribution < -0.4 is 10.6 Å². The number of benzene rings is 2. The van der Waals surface area contributed by atoms with Gasteiger partial charge in [-0.3, -0.25) is 14.7 Å². The average Bonchev–Trinajstić information content (AvgIpc) is 3.28. The van der Waals surface area contributed by atoms with E-state index >= 15 is 0 Å². The number of amides is 2. The fourth-order valence-corrected chi connectivity index (χ4v) is 3.94. The molecule has 0 radical (unpaired) electrons. The maximum absolute atomic E-state index is 12.5. The van der Waals surface area contributed by atoms with Crippen molar-refractivity contribution in [3.63, 3.8) is 0 Å². The van der Waals surface area contributed by atoms with E-state index in [1.807, 2.05) is 0 Å². The third kappa shape index (κ3) is 4.42. The molecule has 2 heterocycles. The van der Waals surface area contributed by atoms with Crippen molar-refractivity contribution in [1.29, 1.82) is 0 Å². The Morgan fingerprint density at radius 3 is 2.55 bits per heavy atom. The second-order valence-corrected chi connectivity index (χ2v) is 8.11. The van der Waals surface area contributed by atoms with Crippen LogP contribution in [-0.2, 0) is 11.2 Å². The minimum Gasteiger partial charge on any atom is -0.320 e. The Morgan fingerprint density at radius 2 is 1.79 bits per heavy atom. The number of carbonyl (C=O) groups excluding carboxylic acids is 2. The molecule has 0 saturated heterocycles. The smallest absolute Gasteiger partial charge is 0.265 e. The first kappa shape index (κ1) is 19.4. The molecule has 0 aliphatic heterocycles. The van der Waals surface area contributed by atoms with Gasteiger partial charge in [0, 0.05) is 5.02 Å². The minimum atomic E-state index is -0.286. The maximum atomic E-state index is 12.5. The fraction of sp³-hybridized carbons (Fsp3) is 0.0500. The predicted molar refractivity (Wildman–Crippen MR) is 117 cm³/mol. The summed E-state index contributed by atoms with van der Waals surface area (Å²) in [5.41, 5.74) is 1.37. The summed E-state index contributed by atoms with van der Waals surface area (Å²) in [4.78, 5) is 26.0. The van der Waals surface area contributed by atoms with Crippen molar-refractivity contribution in [3.8, 4) is 0 Å².